The van der Waals surface area contributed by atoms with E-state index in [0.717, 1.165) is 0 Å². The zero-order valence-electron chi connectivity index (χ0n) is 18.3. The zero-order chi connectivity index (χ0) is 24.8. The first-order chi connectivity index (χ1) is 14.9. The van der Waals surface area contributed by atoms with Crippen LogP contribution in [-0.4, -0.2) is 71.9 Å². The number of carboxylic acid groups (broad SMARTS) is 1. The quantitative estimate of drug-likeness (QED) is 0.0685. The Morgan fingerprint density at radius 3 is 1.94 bits per heavy atom. The number of aliphatic imine (C=N–C) groups is 1. The van der Waals surface area contributed by atoms with E-state index >= 15 is 0 Å². The maximum Gasteiger partial charge on any atom is 0.326 e. The summed E-state index contributed by atoms with van der Waals surface area (Å²) in [4.78, 5) is 63.4. The molecule has 0 fully saturated rings. The van der Waals surface area contributed by atoms with Crippen LogP contribution in [0.4, 0.5) is 0 Å². The van der Waals surface area contributed by atoms with Gasteiger partial charge in [0.25, 0.3) is 0 Å². The van der Waals surface area contributed by atoms with Gasteiger partial charge in [0.2, 0.25) is 23.6 Å². The largest absolute Gasteiger partial charge is 0.480 e. The van der Waals surface area contributed by atoms with Crippen molar-refractivity contribution in [2.75, 3.05) is 13.1 Å². The lowest BCUT2D eigenvalue weighted by Crippen LogP contribution is -2.57. The van der Waals surface area contributed by atoms with Gasteiger partial charge in [-0.25, -0.2) is 4.79 Å². The highest BCUT2D eigenvalue weighted by molar-refractivity contribution is 5.93. The second-order valence-corrected chi connectivity index (χ2v) is 7.41. The second-order valence-electron chi connectivity index (χ2n) is 7.41. The van der Waals surface area contributed by atoms with Crippen LogP contribution in [0.3, 0.4) is 0 Å². The Hall–Kier alpha value is -3.42. The van der Waals surface area contributed by atoms with Crippen LogP contribution in [0.15, 0.2) is 4.99 Å². The lowest BCUT2D eigenvalue weighted by Gasteiger charge is -2.25. The molecule has 0 bridgehead atoms. The molecule has 3 atom stereocenters. The Bertz CT molecular complexity index is 708. The molecule has 14 heteroatoms. The van der Waals surface area contributed by atoms with E-state index in [9.17, 15) is 29.1 Å². The van der Waals surface area contributed by atoms with Crippen molar-refractivity contribution in [2.24, 2.45) is 33.8 Å². The number of aliphatic carboxylic acids is 1. The first kappa shape index (κ1) is 28.6. The van der Waals surface area contributed by atoms with E-state index in [-0.39, 0.29) is 38.2 Å². The molecule has 0 heterocycles. The van der Waals surface area contributed by atoms with Crippen LogP contribution in [0, 0.1) is 5.92 Å². The summed E-state index contributed by atoms with van der Waals surface area (Å²) in [7, 11) is 0. The van der Waals surface area contributed by atoms with Crippen LogP contribution in [0.25, 0.3) is 0 Å². The first-order valence-corrected chi connectivity index (χ1v) is 10.1. The van der Waals surface area contributed by atoms with Gasteiger partial charge in [-0.1, -0.05) is 13.8 Å². The number of amides is 4. The van der Waals surface area contributed by atoms with E-state index in [0.29, 0.717) is 0 Å². The van der Waals surface area contributed by atoms with Crippen molar-refractivity contribution in [3.05, 3.63) is 0 Å². The van der Waals surface area contributed by atoms with E-state index in [2.05, 4.69) is 20.9 Å². The Morgan fingerprint density at radius 1 is 0.906 bits per heavy atom. The van der Waals surface area contributed by atoms with Crippen LogP contribution in [0.1, 0.15) is 39.5 Å². The number of primary amides is 1. The molecular formula is C18H34N8O6. The molecule has 14 nitrogen and oxygen atoms in total. The molecular weight excluding hydrogens is 424 g/mol. The monoisotopic (exact) mass is 458 g/mol. The summed E-state index contributed by atoms with van der Waals surface area (Å²) in [5.41, 5.74) is 20.9. The maximum atomic E-state index is 12.7. The first-order valence-electron chi connectivity index (χ1n) is 10.1. The third-order valence-electron chi connectivity index (χ3n) is 4.33. The van der Waals surface area contributed by atoms with Crippen molar-refractivity contribution in [3.8, 4) is 0 Å². The number of nitrogens with one attached hydrogen (secondary N) is 3. The van der Waals surface area contributed by atoms with E-state index in [4.69, 9.17) is 22.9 Å². The molecule has 32 heavy (non-hydrogen) atoms. The molecule has 182 valence electrons. The summed E-state index contributed by atoms with van der Waals surface area (Å²) in [6.45, 7) is 3.02. The van der Waals surface area contributed by atoms with Gasteiger partial charge in [-0.05, 0) is 25.2 Å². The topological polar surface area (TPSA) is 258 Å². The molecule has 0 saturated heterocycles. The van der Waals surface area contributed by atoms with Crippen LogP contribution >= 0.6 is 0 Å². The third-order valence-corrected chi connectivity index (χ3v) is 4.33. The summed E-state index contributed by atoms with van der Waals surface area (Å²) in [5, 5.41) is 16.5. The number of carboxylic acids is 1. The Labute approximate surface area is 185 Å². The molecule has 0 saturated carbocycles. The smallest absolute Gasteiger partial charge is 0.326 e. The Morgan fingerprint density at radius 2 is 1.47 bits per heavy atom. The molecule has 0 aliphatic carbocycles. The predicted octanol–water partition coefficient (Wildman–Crippen LogP) is -3.54. The van der Waals surface area contributed by atoms with Crippen molar-refractivity contribution in [2.45, 2.75) is 57.7 Å². The summed E-state index contributed by atoms with van der Waals surface area (Å²) in [5.74, 6) is -4.60. The summed E-state index contributed by atoms with van der Waals surface area (Å²) in [6, 6.07) is -3.50. The van der Waals surface area contributed by atoms with Gasteiger partial charge in [-0.2, -0.15) is 0 Å². The molecule has 0 rings (SSSR count). The number of hydrogen-bond acceptors (Lipinski definition) is 7. The van der Waals surface area contributed by atoms with Gasteiger partial charge in [0.05, 0.1) is 6.54 Å². The molecule has 0 aliphatic heterocycles. The molecule has 0 aromatic carbocycles. The van der Waals surface area contributed by atoms with Crippen molar-refractivity contribution in [1.29, 1.82) is 0 Å². The van der Waals surface area contributed by atoms with Gasteiger partial charge < -0.3 is 44.0 Å². The van der Waals surface area contributed by atoms with Crippen molar-refractivity contribution in [3.63, 3.8) is 0 Å². The minimum Gasteiger partial charge on any atom is -0.480 e. The van der Waals surface area contributed by atoms with Gasteiger partial charge in [0.1, 0.15) is 18.1 Å². The molecule has 0 aromatic heterocycles. The van der Waals surface area contributed by atoms with Gasteiger partial charge in [-0.3, -0.25) is 24.2 Å². The standard InChI is InChI=1S/C18H34N8O6/c1-9(2)14(17(31)32)26-16(30)10(4-3-7-23-18(21)22)25-15(29)11(5-6-12(20)27)24-13(28)8-19/h9-11,14H,3-8,19H2,1-2H3,(H2,20,27)(H,24,28)(H,25,29)(H,26,30)(H,31,32)(H4,21,22,23)/t10-,11-,14-/m0/s1. The number of guanidine groups is 1. The molecule has 0 aliphatic rings. The third kappa shape index (κ3) is 11.7. The van der Waals surface area contributed by atoms with Crippen molar-refractivity contribution in [1.82, 2.24) is 16.0 Å². The minimum absolute atomic E-state index is 0.0756. The van der Waals surface area contributed by atoms with Crippen LogP contribution in [-0.2, 0) is 24.0 Å². The highest BCUT2D eigenvalue weighted by Gasteiger charge is 2.30. The SMILES string of the molecule is CC(C)[C@H](NC(=O)[C@H](CCCN=C(N)N)NC(=O)[C@H](CCC(N)=O)NC(=O)CN)C(=O)O. The number of rotatable bonds is 15. The number of hydrogen-bond donors (Lipinski definition) is 8. The molecule has 0 radical (unpaired) electrons. The van der Waals surface area contributed by atoms with Crippen LogP contribution in [0.5, 0.6) is 0 Å². The van der Waals surface area contributed by atoms with Gasteiger partial charge in [0, 0.05) is 13.0 Å². The normalized spacial score (nSPS) is 13.4. The van der Waals surface area contributed by atoms with Crippen molar-refractivity contribution < 1.29 is 29.1 Å². The number of carbonyl (C=O) groups is 5. The number of carbonyl (C=O) groups excluding carboxylic acids is 4. The fourth-order valence-electron chi connectivity index (χ4n) is 2.62. The lowest BCUT2D eigenvalue weighted by atomic mass is 10.0. The molecule has 0 unspecified atom stereocenters. The van der Waals surface area contributed by atoms with Crippen LogP contribution in [0.2, 0.25) is 0 Å². The van der Waals surface area contributed by atoms with E-state index in [1.165, 1.54) is 0 Å². The maximum absolute atomic E-state index is 12.7. The molecule has 0 aromatic rings. The summed E-state index contributed by atoms with van der Waals surface area (Å²) < 4.78 is 0. The van der Waals surface area contributed by atoms with E-state index in [1.54, 1.807) is 13.8 Å². The minimum atomic E-state index is -1.23. The fraction of sp³-hybridized carbons (Fsp3) is 0.667. The second kappa shape index (κ2) is 14.6. The number of nitrogens with two attached hydrogens (primary N) is 4. The average molecular weight is 459 g/mol. The van der Waals surface area contributed by atoms with E-state index < -0.39 is 60.2 Å². The molecule has 4 amide bonds. The molecule has 0 spiro atoms. The summed E-state index contributed by atoms with van der Waals surface area (Å²) in [6.07, 6.45) is 0.0562. The Balaban J connectivity index is 5.49. The highest BCUT2D eigenvalue weighted by atomic mass is 16.4. The van der Waals surface area contributed by atoms with Crippen LogP contribution < -0.4 is 38.9 Å². The Kier molecular flexibility index (Phi) is 13.0. The predicted molar refractivity (Wildman–Crippen MR) is 116 cm³/mol. The zero-order valence-corrected chi connectivity index (χ0v) is 18.3. The van der Waals surface area contributed by atoms with Crippen molar-refractivity contribution >= 4 is 35.6 Å². The average Bonchev–Trinajstić information content (AvgIpc) is 2.69. The summed E-state index contributed by atoms with van der Waals surface area (Å²) >= 11 is 0. The highest BCUT2D eigenvalue weighted by Crippen LogP contribution is 2.06. The number of nitrogens with zero attached hydrogens (tertiary/aromatic N) is 1. The lowest BCUT2D eigenvalue weighted by molar-refractivity contribution is -0.143. The molecule has 12 N–H and O–H groups in total. The van der Waals surface area contributed by atoms with Gasteiger partial charge >= 0.3 is 5.97 Å². The van der Waals surface area contributed by atoms with Gasteiger partial charge in [-0.15, -0.1) is 0 Å². The van der Waals surface area contributed by atoms with Gasteiger partial charge in [0.15, 0.2) is 5.96 Å². The van der Waals surface area contributed by atoms with E-state index in [1.807, 2.05) is 0 Å². The fourth-order valence-corrected chi connectivity index (χ4v) is 2.62.